The van der Waals surface area contributed by atoms with Crippen LogP contribution in [0.5, 0.6) is 5.75 Å². The Labute approximate surface area is 146 Å². The lowest BCUT2D eigenvalue weighted by Crippen LogP contribution is -2.21. The van der Waals surface area contributed by atoms with Crippen molar-refractivity contribution in [2.24, 2.45) is 5.73 Å². The Kier molecular flexibility index (Phi) is 5.43. The van der Waals surface area contributed by atoms with E-state index in [2.05, 4.69) is 17.4 Å². The maximum atomic E-state index is 11.3. The van der Waals surface area contributed by atoms with Crippen LogP contribution in [-0.2, 0) is 6.54 Å². The molecule has 1 unspecified atom stereocenters. The molecule has 126 valence electrons. The van der Waals surface area contributed by atoms with Crippen molar-refractivity contribution < 1.29 is 9.53 Å². The number of amides is 1. The number of benzene rings is 2. The Morgan fingerprint density at radius 3 is 3.00 bits per heavy atom. The zero-order valence-corrected chi connectivity index (χ0v) is 14.6. The summed E-state index contributed by atoms with van der Waals surface area (Å²) in [6.07, 6.45) is 2.25. The average Bonchev–Trinajstić information content (AvgIpc) is 2.81. The van der Waals surface area contributed by atoms with E-state index in [-0.39, 0.29) is 6.04 Å². The summed E-state index contributed by atoms with van der Waals surface area (Å²) in [5.74, 6) is 1.63. The molecule has 3 rings (SSSR count). The molecule has 5 heteroatoms. The highest BCUT2D eigenvalue weighted by Gasteiger charge is 2.19. The number of nitrogens with one attached hydrogen (secondary N) is 1. The molecule has 0 aromatic heterocycles. The fraction of sp³-hybridized carbons (Fsp3) is 0.316. The molecule has 1 aliphatic rings. The van der Waals surface area contributed by atoms with Gasteiger partial charge < -0.3 is 15.8 Å². The van der Waals surface area contributed by atoms with E-state index in [0.29, 0.717) is 12.1 Å². The van der Waals surface area contributed by atoms with E-state index in [4.69, 9.17) is 10.5 Å². The standard InChI is InChI=1S/C19H22N2O2S/c1-23-15-7-8-18-16(11-15)17(6-3-9-24-18)21-12-13-4-2-5-14(10-13)19(20)22/h2,4-5,7-8,10-11,17,21H,3,6,9,12H2,1H3,(H2,20,22). The molecule has 0 aliphatic carbocycles. The summed E-state index contributed by atoms with van der Waals surface area (Å²) in [7, 11) is 1.70. The average molecular weight is 342 g/mol. The summed E-state index contributed by atoms with van der Waals surface area (Å²) >= 11 is 1.90. The number of primary amides is 1. The molecule has 0 saturated heterocycles. The number of hydrogen-bond donors (Lipinski definition) is 2. The first-order valence-electron chi connectivity index (χ1n) is 8.10. The SMILES string of the molecule is COc1ccc2c(c1)C(NCc1cccc(C(N)=O)c1)CCCS2. The molecule has 3 N–H and O–H groups in total. The van der Waals surface area contributed by atoms with Gasteiger partial charge in [0.15, 0.2) is 0 Å². The lowest BCUT2D eigenvalue weighted by atomic mass is 10.0. The Bertz CT molecular complexity index is 733. The summed E-state index contributed by atoms with van der Waals surface area (Å²) < 4.78 is 5.39. The topological polar surface area (TPSA) is 64.3 Å². The van der Waals surface area contributed by atoms with E-state index in [1.807, 2.05) is 36.0 Å². The molecular weight excluding hydrogens is 320 g/mol. The Hall–Kier alpha value is -1.98. The van der Waals surface area contributed by atoms with E-state index in [1.54, 1.807) is 13.2 Å². The number of hydrogen-bond acceptors (Lipinski definition) is 4. The van der Waals surface area contributed by atoms with Crippen LogP contribution in [0, 0.1) is 0 Å². The molecule has 4 nitrogen and oxygen atoms in total. The van der Waals surface area contributed by atoms with Crippen molar-refractivity contribution in [3.05, 3.63) is 59.2 Å². The van der Waals surface area contributed by atoms with Gasteiger partial charge in [-0.05, 0) is 60.1 Å². The van der Waals surface area contributed by atoms with Gasteiger partial charge in [-0.15, -0.1) is 11.8 Å². The highest BCUT2D eigenvalue weighted by atomic mass is 32.2. The summed E-state index contributed by atoms with van der Waals surface area (Å²) in [6.45, 7) is 0.701. The molecule has 0 radical (unpaired) electrons. The first-order chi connectivity index (χ1) is 11.7. The fourth-order valence-electron chi connectivity index (χ4n) is 2.97. The Morgan fingerprint density at radius 1 is 1.33 bits per heavy atom. The quantitative estimate of drug-likeness (QED) is 0.873. The number of rotatable bonds is 5. The molecular formula is C19H22N2O2S. The van der Waals surface area contributed by atoms with Crippen LogP contribution >= 0.6 is 11.8 Å². The first kappa shape index (κ1) is 16.9. The van der Waals surface area contributed by atoms with Crippen LogP contribution in [0.15, 0.2) is 47.4 Å². The highest BCUT2D eigenvalue weighted by molar-refractivity contribution is 7.99. The number of carbonyl (C=O) groups is 1. The molecule has 1 atom stereocenters. The van der Waals surface area contributed by atoms with E-state index in [9.17, 15) is 4.79 Å². The minimum atomic E-state index is -0.391. The summed E-state index contributed by atoms with van der Waals surface area (Å²) in [6, 6.07) is 14.1. The van der Waals surface area contributed by atoms with Crippen molar-refractivity contribution in [1.29, 1.82) is 0 Å². The van der Waals surface area contributed by atoms with Gasteiger partial charge >= 0.3 is 0 Å². The number of methoxy groups -OCH3 is 1. The molecule has 2 aromatic carbocycles. The first-order valence-corrected chi connectivity index (χ1v) is 9.09. The molecule has 2 aromatic rings. The van der Waals surface area contributed by atoms with E-state index < -0.39 is 5.91 Å². The van der Waals surface area contributed by atoms with Crippen molar-refractivity contribution in [2.75, 3.05) is 12.9 Å². The second-order valence-electron chi connectivity index (χ2n) is 5.89. The number of fused-ring (bicyclic) bond motifs is 1. The van der Waals surface area contributed by atoms with Crippen LogP contribution in [0.25, 0.3) is 0 Å². The van der Waals surface area contributed by atoms with Gasteiger partial charge in [-0.3, -0.25) is 4.79 Å². The summed E-state index contributed by atoms with van der Waals surface area (Å²) in [4.78, 5) is 12.6. The normalized spacial score (nSPS) is 17.0. The van der Waals surface area contributed by atoms with Gasteiger partial charge in [0.1, 0.15) is 5.75 Å². The van der Waals surface area contributed by atoms with Crippen LogP contribution < -0.4 is 15.8 Å². The lowest BCUT2D eigenvalue weighted by Gasteiger charge is -2.20. The third kappa shape index (κ3) is 3.91. The highest BCUT2D eigenvalue weighted by Crippen LogP contribution is 2.37. The second-order valence-corrected chi connectivity index (χ2v) is 7.03. The van der Waals surface area contributed by atoms with E-state index >= 15 is 0 Å². The van der Waals surface area contributed by atoms with Crippen LogP contribution in [-0.4, -0.2) is 18.8 Å². The van der Waals surface area contributed by atoms with Crippen molar-refractivity contribution in [3.8, 4) is 5.75 Å². The third-order valence-corrected chi connectivity index (χ3v) is 5.43. The predicted molar refractivity (Wildman–Crippen MR) is 97.5 cm³/mol. The molecule has 0 saturated carbocycles. The van der Waals surface area contributed by atoms with Gasteiger partial charge in [0.05, 0.1) is 7.11 Å². The zero-order chi connectivity index (χ0) is 16.9. The predicted octanol–water partition coefficient (Wildman–Crippen LogP) is 3.51. The lowest BCUT2D eigenvalue weighted by molar-refractivity contribution is 0.1000. The smallest absolute Gasteiger partial charge is 0.248 e. The number of thioether (sulfide) groups is 1. The molecule has 1 aliphatic heterocycles. The summed E-state index contributed by atoms with van der Waals surface area (Å²) in [5, 5.41) is 3.63. The zero-order valence-electron chi connectivity index (χ0n) is 13.7. The molecule has 0 spiro atoms. The van der Waals surface area contributed by atoms with Crippen LogP contribution in [0.4, 0.5) is 0 Å². The maximum absolute atomic E-state index is 11.3. The molecule has 1 amide bonds. The van der Waals surface area contributed by atoms with Crippen molar-refractivity contribution in [3.63, 3.8) is 0 Å². The molecule has 24 heavy (non-hydrogen) atoms. The van der Waals surface area contributed by atoms with Crippen molar-refractivity contribution in [1.82, 2.24) is 5.32 Å². The van der Waals surface area contributed by atoms with Crippen LogP contribution in [0.3, 0.4) is 0 Å². The summed E-state index contributed by atoms with van der Waals surface area (Å²) in [5.41, 5.74) is 8.27. The molecule has 0 fully saturated rings. The largest absolute Gasteiger partial charge is 0.497 e. The second kappa shape index (κ2) is 7.73. The van der Waals surface area contributed by atoms with Gasteiger partial charge in [0.25, 0.3) is 0 Å². The Balaban J connectivity index is 1.78. The van der Waals surface area contributed by atoms with E-state index in [0.717, 1.165) is 23.5 Å². The maximum Gasteiger partial charge on any atom is 0.248 e. The van der Waals surface area contributed by atoms with Gasteiger partial charge in [0.2, 0.25) is 5.91 Å². The van der Waals surface area contributed by atoms with Gasteiger partial charge in [-0.1, -0.05) is 12.1 Å². The number of carbonyl (C=O) groups excluding carboxylic acids is 1. The minimum absolute atomic E-state index is 0.280. The van der Waals surface area contributed by atoms with Gasteiger partial charge in [-0.2, -0.15) is 0 Å². The van der Waals surface area contributed by atoms with E-state index in [1.165, 1.54) is 16.9 Å². The minimum Gasteiger partial charge on any atom is -0.497 e. The monoisotopic (exact) mass is 342 g/mol. The van der Waals surface area contributed by atoms with Gasteiger partial charge in [-0.25, -0.2) is 0 Å². The van der Waals surface area contributed by atoms with Crippen molar-refractivity contribution >= 4 is 17.7 Å². The van der Waals surface area contributed by atoms with Crippen molar-refractivity contribution in [2.45, 2.75) is 30.3 Å². The molecule has 1 heterocycles. The number of nitrogens with two attached hydrogens (primary N) is 1. The molecule has 0 bridgehead atoms. The van der Waals surface area contributed by atoms with Gasteiger partial charge in [0, 0.05) is 23.0 Å². The van der Waals surface area contributed by atoms with Crippen LogP contribution in [0.1, 0.15) is 40.4 Å². The van der Waals surface area contributed by atoms with Crippen LogP contribution in [0.2, 0.25) is 0 Å². The Morgan fingerprint density at radius 2 is 2.21 bits per heavy atom. The number of ether oxygens (including phenoxy) is 1. The third-order valence-electron chi connectivity index (χ3n) is 4.25. The fourth-order valence-corrected chi connectivity index (χ4v) is 4.03.